The summed E-state index contributed by atoms with van der Waals surface area (Å²) in [4.78, 5) is 12.5. The second-order valence-corrected chi connectivity index (χ2v) is 9.15. The van der Waals surface area contributed by atoms with E-state index in [4.69, 9.17) is 14.6 Å². The van der Waals surface area contributed by atoms with Crippen LogP contribution in [0.2, 0.25) is 0 Å². The van der Waals surface area contributed by atoms with Gasteiger partial charge in [0.1, 0.15) is 11.6 Å². The zero-order chi connectivity index (χ0) is 19.9. The molecule has 2 aliphatic heterocycles. The summed E-state index contributed by atoms with van der Waals surface area (Å²) in [6.07, 6.45) is 1.77. The fourth-order valence-electron chi connectivity index (χ4n) is 4.12. The van der Waals surface area contributed by atoms with Crippen molar-refractivity contribution in [2.75, 3.05) is 24.8 Å². The summed E-state index contributed by atoms with van der Waals surface area (Å²) in [5.74, 6) is 2.11. The van der Waals surface area contributed by atoms with Crippen molar-refractivity contribution in [2.24, 2.45) is 0 Å². The summed E-state index contributed by atoms with van der Waals surface area (Å²) in [6.45, 7) is 6.97. The van der Waals surface area contributed by atoms with Crippen LogP contribution in [-0.2, 0) is 9.53 Å². The fourth-order valence-corrected chi connectivity index (χ4v) is 5.31. The van der Waals surface area contributed by atoms with Crippen molar-refractivity contribution in [1.82, 2.24) is 9.78 Å². The maximum Gasteiger partial charge on any atom is 0.235 e. The van der Waals surface area contributed by atoms with Crippen LogP contribution in [0.5, 0.6) is 5.75 Å². The molecule has 1 N–H and O–H groups in total. The van der Waals surface area contributed by atoms with Crippen LogP contribution in [0.1, 0.15) is 54.8 Å². The summed E-state index contributed by atoms with van der Waals surface area (Å²) in [6, 6.07) is 8.30. The van der Waals surface area contributed by atoms with Crippen LogP contribution >= 0.6 is 11.8 Å². The van der Waals surface area contributed by atoms with E-state index in [0.717, 1.165) is 41.2 Å². The van der Waals surface area contributed by atoms with Gasteiger partial charge in [0.05, 0.1) is 35.4 Å². The zero-order valence-electron chi connectivity index (χ0n) is 16.8. The van der Waals surface area contributed by atoms with Crippen LogP contribution in [0.3, 0.4) is 0 Å². The van der Waals surface area contributed by atoms with E-state index in [9.17, 15) is 4.79 Å². The summed E-state index contributed by atoms with van der Waals surface area (Å²) >= 11 is 1.64. The van der Waals surface area contributed by atoms with Gasteiger partial charge in [-0.2, -0.15) is 5.10 Å². The molecule has 1 aromatic heterocycles. The lowest BCUT2D eigenvalue weighted by molar-refractivity contribution is -0.113. The molecule has 0 unspecified atom stereocenters. The van der Waals surface area contributed by atoms with Crippen molar-refractivity contribution in [3.8, 4) is 5.75 Å². The first kappa shape index (κ1) is 19.3. The molecular formula is C21H27N3O3S. The fraction of sp³-hybridized carbons (Fsp3) is 0.524. The number of carbonyl (C=O) groups excluding carboxylic acids is 1. The number of methoxy groups -OCH3 is 1. The predicted octanol–water partition coefficient (Wildman–Crippen LogP) is 4.10. The van der Waals surface area contributed by atoms with Crippen molar-refractivity contribution >= 4 is 23.5 Å². The lowest BCUT2D eigenvalue weighted by atomic mass is 9.94. The Bertz CT molecular complexity index is 876. The number of aromatic nitrogens is 2. The Balaban J connectivity index is 1.76. The topological polar surface area (TPSA) is 65.4 Å². The van der Waals surface area contributed by atoms with Gasteiger partial charge in [-0.25, -0.2) is 4.68 Å². The molecule has 0 spiro atoms. The van der Waals surface area contributed by atoms with Crippen LogP contribution in [0.25, 0.3) is 0 Å². The molecule has 0 radical (unpaired) electrons. The molecule has 3 heterocycles. The first-order chi connectivity index (χ1) is 13.4. The van der Waals surface area contributed by atoms with Crippen molar-refractivity contribution in [3.63, 3.8) is 0 Å². The Kier molecular flexibility index (Phi) is 5.14. The number of anilines is 1. The Morgan fingerprint density at radius 2 is 2.07 bits per heavy atom. The molecule has 1 saturated heterocycles. The minimum absolute atomic E-state index is 0.0229. The van der Waals surface area contributed by atoms with Gasteiger partial charge in [0.15, 0.2) is 0 Å². The predicted molar refractivity (Wildman–Crippen MR) is 111 cm³/mol. The van der Waals surface area contributed by atoms with Crippen LogP contribution in [0.4, 0.5) is 5.82 Å². The van der Waals surface area contributed by atoms with Gasteiger partial charge in [-0.15, -0.1) is 11.8 Å². The number of benzene rings is 1. The van der Waals surface area contributed by atoms with Crippen LogP contribution in [0.15, 0.2) is 24.3 Å². The molecule has 6 nitrogen and oxygen atoms in total. The van der Waals surface area contributed by atoms with Crippen molar-refractivity contribution in [3.05, 3.63) is 41.1 Å². The van der Waals surface area contributed by atoms with Crippen molar-refractivity contribution < 1.29 is 14.3 Å². The lowest BCUT2D eigenvalue weighted by Gasteiger charge is -2.36. The number of hydrogen-bond donors (Lipinski definition) is 1. The normalized spacial score (nSPS) is 24.2. The van der Waals surface area contributed by atoms with E-state index in [1.54, 1.807) is 18.9 Å². The van der Waals surface area contributed by atoms with Crippen molar-refractivity contribution in [1.29, 1.82) is 0 Å². The molecule has 4 rings (SSSR count). The number of carbonyl (C=O) groups is 1. The van der Waals surface area contributed by atoms with E-state index in [1.807, 2.05) is 23.7 Å². The molecule has 2 atom stereocenters. The van der Waals surface area contributed by atoms with Gasteiger partial charge in [-0.1, -0.05) is 12.1 Å². The summed E-state index contributed by atoms with van der Waals surface area (Å²) in [5.41, 5.74) is 3.03. The van der Waals surface area contributed by atoms with Gasteiger partial charge >= 0.3 is 0 Å². The highest BCUT2D eigenvalue weighted by atomic mass is 32.2. The third kappa shape index (κ3) is 3.65. The molecule has 28 heavy (non-hydrogen) atoms. The number of aryl methyl sites for hydroxylation is 1. The maximum atomic E-state index is 12.5. The highest BCUT2D eigenvalue weighted by molar-refractivity contribution is 8.00. The monoisotopic (exact) mass is 401 g/mol. The van der Waals surface area contributed by atoms with Crippen LogP contribution in [0, 0.1) is 6.92 Å². The summed E-state index contributed by atoms with van der Waals surface area (Å²) in [7, 11) is 1.67. The van der Waals surface area contributed by atoms with Crippen LogP contribution < -0.4 is 10.1 Å². The molecule has 0 bridgehead atoms. The average Bonchev–Trinajstić information content (AvgIpc) is 2.87. The Hall–Kier alpha value is -1.99. The molecule has 1 aromatic carbocycles. The Labute approximate surface area is 170 Å². The van der Waals surface area contributed by atoms with Gasteiger partial charge in [-0.05, 0) is 51.3 Å². The molecule has 0 saturated carbocycles. The maximum absolute atomic E-state index is 12.5. The van der Waals surface area contributed by atoms with E-state index in [-0.39, 0.29) is 22.8 Å². The van der Waals surface area contributed by atoms with E-state index in [2.05, 4.69) is 31.3 Å². The molecule has 150 valence electrons. The average molecular weight is 402 g/mol. The van der Waals surface area contributed by atoms with Crippen molar-refractivity contribution in [2.45, 2.75) is 50.5 Å². The smallest absolute Gasteiger partial charge is 0.235 e. The highest BCUT2D eigenvalue weighted by Crippen LogP contribution is 2.45. The summed E-state index contributed by atoms with van der Waals surface area (Å²) < 4.78 is 13.2. The summed E-state index contributed by atoms with van der Waals surface area (Å²) in [5, 5.41) is 8.07. The lowest BCUT2D eigenvalue weighted by Crippen LogP contribution is -2.36. The molecule has 1 fully saturated rings. The zero-order valence-corrected chi connectivity index (χ0v) is 17.6. The second-order valence-electron chi connectivity index (χ2n) is 8.06. The van der Waals surface area contributed by atoms with E-state index < -0.39 is 0 Å². The minimum Gasteiger partial charge on any atom is -0.497 e. The highest BCUT2D eigenvalue weighted by Gasteiger charge is 2.36. The van der Waals surface area contributed by atoms with E-state index >= 15 is 0 Å². The number of ether oxygens (including phenoxy) is 2. The van der Waals surface area contributed by atoms with E-state index in [0.29, 0.717) is 12.4 Å². The molecule has 7 heteroatoms. The van der Waals surface area contributed by atoms with Gasteiger partial charge in [-0.3, -0.25) is 4.79 Å². The molecule has 1 amide bonds. The van der Waals surface area contributed by atoms with Gasteiger partial charge in [0.2, 0.25) is 5.91 Å². The van der Waals surface area contributed by atoms with E-state index in [1.165, 1.54) is 0 Å². The molecule has 0 aliphatic carbocycles. The quantitative estimate of drug-likeness (QED) is 0.839. The number of fused-ring (bicyclic) bond motifs is 1. The number of thioether (sulfide) groups is 1. The van der Waals surface area contributed by atoms with Gasteiger partial charge < -0.3 is 14.8 Å². The molecule has 2 aromatic rings. The third-order valence-electron chi connectivity index (χ3n) is 5.47. The number of nitrogens with one attached hydrogen (secondary N) is 1. The minimum atomic E-state index is -0.186. The molecular weight excluding hydrogens is 374 g/mol. The number of nitrogens with zero attached hydrogens (tertiary/aromatic N) is 2. The first-order valence-electron chi connectivity index (χ1n) is 9.66. The Morgan fingerprint density at radius 3 is 2.75 bits per heavy atom. The number of amides is 1. The number of hydrogen-bond acceptors (Lipinski definition) is 5. The van der Waals surface area contributed by atoms with Gasteiger partial charge in [0, 0.05) is 12.2 Å². The second kappa shape index (κ2) is 7.44. The standard InChI is InChI=1S/C21H27N3O3S/c1-13-18-19(14-5-7-16(26-4)8-6-14)28-12-17(25)22-20(18)24(23-13)15-9-10-27-21(2,3)11-15/h5-8,15,19H,9-12H2,1-4H3,(H,22,25)/t15-,19+/m1/s1. The number of rotatable bonds is 3. The van der Waals surface area contributed by atoms with Gasteiger partial charge in [0.25, 0.3) is 0 Å². The largest absolute Gasteiger partial charge is 0.497 e. The third-order valence-corrected chi connectivity index (χ3v) is 6.74. The first-order valence-corrected chi connectivity index (χ1v) is 10.7. The molecule has 2 aliphatic rings. The Morgan fingerprint density at radius 1 is 1.32 bits per heavy atom. The van der Waals surface area contributed by atoms with Crippen LogP contribution in [-0.4, -0.2) is 40.8 Å². The SMILES string of the molecule is COc1ccc([C@@H]2SCC(=O)Nc3c2c(C)nn3[C@@H]2CCOC(C)(C)C2)cc1.